The molecule has 4 amide bonds. The highest BCUT2D eigenvalue weighted by Crippen LogP contribution is 2.05. The van der Waals surface area contributed by atoms with E-state index in [-0.39, 0.29) is 19.3 Å². The molecule has 0 radical (unpaired) electrons. The van der Waals surface area contributed by atoms with Crippen LogP contribution < -0.4 is 27.0 Å². The van der Waals surface area contributed by atoms with Gasteiger partial charge in [-0.25, -0.2) is 0 Å². The maximum Gasteiger partial charge on any atom is 0.325 e. The van der Waals surface area contributed by atoms with Gasteiger partial charge in [0.15, 0.2) is 0 Å². The number of nitrogens with one attached hydrogen (secondary N) is 4. The fourth-order valence-corrected chi connectivity index (χ4v) is 2.60. The van der Waals surface area contributed by atoms with Crippen molar-refractivity contribution in [2.45, 2.75) is 77.0 Å². The van der Waals surface area contributed by atoms with Crippen LogP contribution in [-0.2, 0) is 28.8 Å². The first-order chi connectivity index (χ1) is 14.9. The van der Waals surface area contributed by atoms with E-state index in [0.29, 0.717) is 19.4 Å². The van der Waals surface area contributed by atoms with Gasteiger partial charge < -0.3 is 37.2 Å². The first kappa shape index (κ1) is 28.8. The summed E-state index contributed by atoms with van der Waals surface area (Å²) in [6, 6.07) is -4.49. The van der Waals surface area contributed by atoms with Gasteiger partial charge in [0.1, 0.15) is 24.2 Å². The van der Waals surface area contributed by atoms with Crippen LogP contribution in [0.25, 0.3) is 0 Å². The highest BCUT2D eigenvalue weighted by molar-refractivity contribution is 5.94. The van der Waals surface area contributed by atoms with Gasteiger partial charge in [-0.15, -0.1) is 0 Å². The van der Waals surface area contributed by atoms with Crippen LogP contribution in [0.2, 0.25) is 0 Å². The molecule has 0 aromatic carbocycles. The van der Waals surface area contributed by atoms with E-state index >= 15 is 0 Å². The number of aliphatic carboxylic acids is 2. The summed E-state index contributed by atoms with van der Waals surface area (Å²) in [4.78, 5) is 70.4. The average molecular weight is 460 g/mol. The zero-order valence-electron chi connectivity index (χ0n) is 18.5. The van der Waals surface area contributed by atoms with E-state index in [9.17, 15) is 28.8 Å². The Morgan fingerprint density at radius 3 is 1.78 bits per heavy atom. The number of unbranched alkanes of at least 4 members (excludes halogenated alkanes) is 1. The molecule has 0 aliphatic rings. The fourth-order valence-electron chi connectivity index (χ4n) is 2.60. The average Bonchev–Trinajstić information content (AvgIpc) is 2.69. The molecule has 0 bridgehead atoms. The fraction of sp³-hybridized carbons (Fsp3) is 0.684. The predicted octanol–water partition coefficient (Wildman–Crippen LogP) is -1.94. The summed E-state index contributed by atoms with van der Waals surface area (Å²) in [6.45, 7) is 4.16. The molecule has 0 rings (SSSR count). The van der Waals surface area contributed by atoms with Crippen LogP contribution in [0.5, 0.6) is 0 Å². The minimum atomic E-state index is -1.24. The normalized spacial score (nSPS) is 14.2. The highest BCUT2D eigenvalue weighted by atomic mass is 16.4. The molecule has 0 aliphatic heterocycles. The molecule has 32 heavy (non-hydrogen) atoms. The van der Waals surface area contributed by atoms with Gasteiger partial charge in [0.05, 0.1) is 0 Å². The third-order valence-electron chi connectivity index (χ3n) is 4.40. The van der Waals surface area contributed by atoms with E-state index in [1.165, 1.54) is 20.8 Å². The van der Waals surface area contributed by atoms with Crippen LogP contribution in [0.1, 0.15) is 52.9 Å². The maximum absolute atomic E-state index is 12.7. The van der Waals surface area contributed by atoms with Crippen LogP contribution in [0, 0.1) is 0 Å². The second kappa shape index (κ2) is 14.7. The number of carbonyl (C=O) groups excluding carboxylic acids is 4. The summed E-state index contributed by atoms with van der Waals surface area (Å²) in [6.07, 6.45) is 0.677. The SMILES string of the molecule is CC(=O)N[C@H](CCC(=O)O)C(=O)N[C@@H](CCCCN)C(=O)N[C@H](C)C(=O)N[C@H](C)C(=O)O. The number of carboxylic acid groups (broad SMARTS) is 2. The summed E-state index contributed by atoms with van der Waals surface area (Å²) in [5, 5.41) is 27.2. The molecule has 0 aromatic heterocycles. The monoisotopic (exact) mass is 459 g/mol. The van der Waals surface area contributed by atoms with E-state index < -0.39 is 59.7 Å². The Kier molecular flexibility index (Phi) is 13.2. The second-order valence-corrected chi connectivity index (χ2v) is 7.33. The number of rotatable bonds is 15. The molecule has 0 spiro atoms. The molecule has 8 N–H and O–H groups in total. The lowest BCUT2D eigenvalue weighted by atomic mass is 10.1. The van der Waals surface area contributed by atoms with Gasteiger partial charge in [-0.3, -0.25) is 28.8 Å². The Morgan fingerprint density at radius 1 is 0.750 bits per heavy atom. The Labute approximate surface area is 185 Å². The molecule has 0 fully saturated rings. The van der Waals surface area contributed by atoms with Crippen LogP contribution in [0.3, 0.4) is 0 Å². The maximum atomic E-state index is 12.7. The number of carboxylic acids is 2. The minimum Gasteiger partial charge on any atom is -0.481 e. The molecular formula is C19H33N5O8. The van der Waals surface area contributed by atoms with Crippen molar-refractivity contribution < 1.29 is 39.0 Å². The van der Waals surface area contributed by atoms with Crippen molar-refractivity contribution in [1.82, 2.24) is 21.3 Å². The summed E-state index contributed by atoms with van der Waals surface area (Å²) in [5.41, 5.74) is 5.46. The van der Waals surface area contributed by atoms with Crippen LogP contribution in [0.15, 0.2) is 0 Å². The lowest BCUT2D eigenvalue weighted by Gasteiger charge is -2.24. The largest absolute Gasteiger partial charge is 0.481 e. The number of nitrogens with two attached hydrogens (primary N) is 1. The molecule has 0 aliphatic carbocycles. The first-order valence-corrected chi connectivity index (χ1v) is 10.2. The number of hydrogen-bond donors (Lipinski definition) is 7. The van der Waals surface area contributed by atoms with Crippen molar-refractivity contribution in [3.63, 3.8) is 0 Å². The summed E-state index contributed by atoms with van der Waals surface area (Å²) >= 11 is 0. The molecule has 0 heterocycles. The Balaban J connectivity index is 5.25. The standard InChI is InChI=1S/C19H33N5O8/c1-10(16(28)22-11(2)19(31)32)21-17(29)13(6-4-5-9-20)24-18(30)14(23-12(3)25)7-8-15(26)27/h10-11,13-14H,4-9,20H2,1-3H3,(H,21,29)(H,22,28)(H,23,25)(H,24,30)(H,26,27)(H,31,32)/t10-,11-,13+,14-/m1/s1. The van der Waals surface area contributed by atoms with Gasteiger partial charge in [0, 0.05) is 13.3 Å². The molecule has 0 saturated heterocycles. The van der Waals surface area contributed by atoms with Crippen molar-refractivity contribution >= 4 is 35.6 Å². The van der Waals surface area contributed by atoms with E-state index in [4.69, 9.17) is 15.9 Å². The lowest BCUT2D eigenvalue weighted by molar-refractivity contribution is -0.141. The molecule has 182 valence electrons. The minimum absolute atomic E-state index is 0.177. The lowest BCUT2D eigenvalue weighted by Crippen LogP contribution is -2.56. The summed E-state index contributed by atoms with van der Waals surface area (Å²) in [7, 11) is 0. The Morgan fingerprint density at radius 2 is 1.28 bits per heavy atom. The topological polar surface area (TPSA) is 217 Å². The van der Waals surface area contributed by atoms with E-state index in [1.807, 2.05) is 0 Å². The Hall–Kier alpha value is -3.22. The number of carbonyl (C=O) groups is 6. The van der Waals surface area contributed by atoms with E-state index in [0.717, 1.165) is 0 Å². The zero-order valence-corrected chi connectivity index (χ0v) is 18.5. The first-order valence-electron chi connectivity index (χ1n) is 10.2. The van der Waals surface area contributed by atoms with Crippen molar-refractivity contribution in [2.75, 3.05) is 6.54 Å². The highest BCUT2D eigenvalue weighted by Gasteiger charge is 2.28. The molecule has 0 saturated carbocycles. The predicted molar refractivity (Wildman–Crippen MR) is 112 cm³/mol. The van der Waals surface area contributed by atoms with Crippen LogP contribution in [-0.4, -0.2) is 76.5 Å². The number of amides is 4. The zero-order chi connectivity index (χ0) is 24.8. The quantitative estimate of drug-likeness (QED) is 0.135. The molecule has 0 aromatic rings. The van der Waals surface area contributed by atoms with E-state index in [1.54, 1.807) is 0 Å². The summed E-state index contributed by atoms with van der Waals surface area (Å²) < 4.78 is 0. The van der Waals surface area contributed by atoms with Gasteiger partial charge in [0.2, 0.25) is 23.6 Å². The molecule has 4 atom stereocenters. The molecule has 13 nitrogen and oxygen atoms in total. The Bertz CT molecular complexity index is 699. The van der Waals surface area contributed by atoms with Gasteiger partial charge in [-0.05, 0) is 46.1 Å². The van der Waals surface area contributed by atoms with Gasteiger partial charge in [-0.2, -0.15) is 0 Å². The van der Waals surface area contributed by atoms with E-state index in [2.05, 4.69) is 21.3 Å². The summed E-state index contributed by atoms with van der Waals surface area (Å²) in [5.74, 6) is -5.10. The molecule has 0 unspecified atom stereocenters. The smallest absolute Gasteiger partial charge is 0.325 e. The van der Waals surface area contributed by atoms with Gasteiger partial charge >= 0.3 is 11.9 Å². The number of hydrogen-bond acceptors (Lipinski definition) is 7. The van der Waals surface area contributed by atoms with Crippen molar-refractivity contribution in [2.24, 2.45) is 5.73 Å². The second-order valence-electron chi connectivity index (χ2n) is 7.33. The van der Waals surface area contributed by atoms with Gasteiger partial charge in [-0.1, -0.05) is 0 Å². The molecule has 13 heteroatoms. The van der Waals surface area contributed by atoms with Crippen molar-refractivity contribution in [3.8, 4) is 0 Å². The van der Waals surface area contributed by atoms with Crippen LogP contribution in [0.4, 0.5) is 0 Å². The van der Waals surface area contributed by atoms with Gasteiger partial charge in [0.25, 0.3) is 0 Å². The van der Waals surface area contributed by atoms with Crippen LogP contribution >= 0.6 is 0 Å². The third-order valence-corrected chi connectivity index (χ3v) is 4.40. The van der Waals surface area contributed by atoms with Crippen molar-refractivity contribution in [1.29, 1.82) is 0 Å². The third kappa shape index (κ3) is 11.8. The van der Waals surface area contributed by atoms with Crippen molar-refractivity contribution in [3.05, 3.63) is 0 Å². The molecular weight excluding hydrogens is 426 g/mol.